The third-order valence-electron chi connectivity index (χ3n) is 3.10. The number of rotatable bonds is 5. The van der Waals surface area contributed by atoms with Gasteiger partial charge in [-0.15, -0.1) is 0 Å². The molecular weight excluding hydrogens is 296 g/mol. The summed E-state index contributed by atoms with van der Waals surface area (Å²) >= 11 is 0. The van der Waals surface area contributed by atoms with Gasteiger partial charge >= 0.3 is 5.97 Å². The molecule has 0 bridgehead atoms. The molecule has 1 amide bonds. The summed E-state index contributed by atoms with van der Waals surface area (Å²) in [4.78, 5) is 31.2. The molecule has 0 saturated heterocycles. The molecule has 1 aromatic heterocycles. The van der Waals surface area contributed by atoms with Crippen molar-refractivity contribution in [1.82, 2.24) is 15.3 Å². The van der Waals surface area contributed by atoms with Crippen LogP contribution >= 0.6 is 0 Å². The van der Waals surface area contributed by atoms with Crippen molar-refractivity contribution in [2.75, 3.05) is 5.32 Å². The SMILES string of the molecule is Cc1cc(C)nc(Nc2ccc(C(=O)NC(C)C(=O)O)cc2)n1. The van der Waals surface area contributed by atoms with Crippen LogP contribution in [0.25, 0.3) is 0 Å². The van der Waals surface area contributed by atoms with Crippen LogP contribution in [0.5, 0.6) is 0 Å². The van der Waals surface area contributed by atoms with Crippen LogP contribution in [-0.2, 0) is 4.79 Å². The summed E-state index contributed by atoms with van der Waals surface area (Å²) in [6, 6.07) is 7.57. The zero-order valence-electron chi connectivity index (χ0n) is 13.1. The number of carbonyl (C=O) groups is 2. The standard InChI is InChI=1S/C16H18N4O3/c1-9-8-10(2)18-16(17-9)20-13-6-4-12(5-7-13)14(21)19-11(3)15(22)23/h4-8,11H,1-3H3,(H,19,21)(H,22,23)(H,17,18,20). The van der Waals surface area contributed by atoms with Gasteiger partial charge in [0.05, 0.1) is 0 Å². The van der Waals surface area contributed by atoms with Crippen LogP contribution in [-0.4, -0.2) is 33.0 Å². The van der Waals surface area contributed by atoms with Crippen LogP contribution in [0.1, 0.15) is 28.7 Å². The molecule has 0 fully saturated rings. The lowest BCUT2D eigenvalue weighted by Crippen LogP contribution is -2.38. The van der Waals surface area contributed by atoms with E-state index in [-0.39, 0.29) is 0 Å². The number of nitrogens with one attached hydrogen (secondary N) is 2. The average Bonchev–Trinajstić information content (AvgIpc) is 2.46. The molecule has 0 radical (unpaired) electrons. The first kappa shape index (κ1) is 16.4. The molecule has 23 heavy (non-hydrogen) atoms. The number of benzene rings is 1. The third-order valence-corrected chi connectivity index (χ3v) is 3.10. The highest BCUT2D eigenvalue weighted by molar-refractivity contribution is 5.96. The van der Waals surface area contributed by atoms with E-state index in [2.05, 4.69) is 20.6 Å². The largest absolute Gasteiger partial charge is 0.480 e. The molecule has 1 unspecified atom stereocenters. The van der Waals surface area contributed by atoms with E-state index in [4.69, 9.17) is 5.11 Å². The van der Waals surface area contributed by atoms with Crippen molar-refractivity contribution in [3.8, 4) is 0 Å². The Bertz CT molecular complexity index is 708. The Kier molecular flexibility index (Phi) is 4.90. The molecule has 3 N–H and O–H groups in total. The Morgan fingerprint density at radius 1 is 1.09 bits per heavy atom. The summed E-state index contributed by atoms with van der Waals surface area (Å²) in [6.45, 7) is 5.18. The Morgan fingerprint density at radius 2 is 1.65 bits per heavy atom. The lowest BCUT2D eigenvalue weighted by Gasteiger charge is -2.10. The molecule has 1 atom stereocenters. The smallest absolute Gasteiger partial charge is 0.325 e. The zero-order chi connectivity index (χ0) is 17.0. The molecule has 0 aliphatic carbocycles. The number of carboxylic acid groups (broad SMARTS) is 1. The minimum atomic E-state index is -1.08. The predicted molar refractivity (Wildman–Crippen MR) is 85.8 cm³/mol. The van der Waals surface area contributed by atoms with Gasteiger partial charge in [0.15, 0.2) is 0 Å². The second kappa shape index (κ2) is 6.87. The van der Waals surface area contributed by atoms with Crippen molar-refractivity contribution in [1.29, 1.82) is 0 Å². The van der Waals surface area contributed by atoms with Crippen molar-refractivity contribution in [3.63, 3.8) is 0 Å². The number of aryl methyl sites for hydroxylation is 2. The van der Waals surface area contributed by atoms with Gasteiger partial charge in [-0.25, -0.2) is 9.97 Å². The number of aromatic nitrogens is 2. The zero-order valence-corrected chi connectivity index (χ0v) is 13.1. The van der Waals surface area contributed by atoms with Gasteiger partial charge in [0, 0.05) is 22.6 Å². The van der Waals surface area contributed by atoms with Gasteiger partial charge in [-0.2, -0.15) is 0 Å². The summed E-state index contributed by atoms with van der Waals surface area (Å²) in [6.07, 6.45) is 0. The summed E-state index contributed by atoms with van der Waals surface area (Å²) < 4.78 is 0. The molecule has 2 rings (SSSR count). The highest BCUT2D eigenvalue weighted by atomic mass is 16.4. The highest BCUT2D eigenvalue weighted by Gasteiger charge is 2.15. The molecule has 0 spiro atoms. The van der Waals surface area contributed by atoms with Gasteiger partial charge in [0.2, 0.25) is 5.95 Å². The second-order valence-electron chi connectivity index (χ2n) is 5.21. The molecule has 0 saturated carbocycles. The maximum absolute atomic E-state index is 11.9. The van der Waals surface area contributed by atoms with Crippen LogP contribution < -0.4 is 10.6 Å². The summed E-state index contributed by atoms with van der Waals surface area (Å²) in [5.41, 5.74) is 2.83. The van der Waals surface area contributed by atoms with Gasteiger partial charge in [0.25, 0.3) is 5.91 Å². The Balaban J connectivity index is 2.07. The van der Waals surface area contributed by atoms with E-state index in [0.29, 0.717) is 11.5 Å². The van der Waals surface area contributed by atoms with E-state index in [1.807, 2.05) is 19.9 Å². The minimum absolute atomic E-state index is 0.380. The van der Waals surface area contributed by atoms with Crippen LogP contribution in [0.4, 0.5) is 11.6 Å². The molecule has 120 valence electrons. The highest BCUT2D eigenvalue weighted by Crippen LogP contribution is 2.15. The maximum Gasteiger partial charge on any atom is 0.325 e. The van der Waals surface area contributed by atoms with Crippen molar-refractivity contribution in [2.45, 2.75) is 26.8 Å². The molecule has 7 nitrogen and oxygen atoms in total. The van der Waals surface area contributed by atoms with E-state index >= 15 is 0 Å². The quantitative estimate of drug-likeness (QED) is 0.780. The average molecular weight is 314 g/mol. The topological polar surface area (TPSA) is 104 Å². The molecular formula is C16H18N4O3. The molecule has 2 aromatic rings. The van der Waals surface area contributed by atoms with Crippen molar-refractivity contribution in [2.24, 2.45) is 0 Å². The summed E-state index contributed by atoms with van der Waals surface area (Å²) in [7, 11) is 0. The van der Waals surface area contributed by atoms with E-state index in [1.165, 1.54) is 6.92 Å². The van der Waals surface area contributed by atoms with Crippen molar-refractivity contribution in [3.05, 3.63) is 47.3 Å². The Hall–Kier alpha value is -2.96. The number of aliphatic carboxylic acids is 1. The monoisotopic (exact) mass is 314 g/mol. The number of carbonyl (C=O) groups excluding carboxylic acids is 1. The molecule has 0 aliphatic rings. The lowest BCUT2D eigenvalue weighted by molar-refractivity contribution is -0.138. The van der Waals surface area contributed by atoms with E-state index in [0.717, 1.165) is 17.1 Å². The third kappa shape index (κ3) is 4.50. The molecule has 7 heteroatoms. The fraction of sp³-hybridized carbons (Fsp3) is 0.250. The van der Waals surface area contributed by atoms with Gasteiger partial charge in [-0.3, -0.25) is 9.59 Å². The Morgan fingerprint density at radius 3 is 2.17 bits per heavy atom. The first-order valence-electron chi connectivity index (χ1n) is 7.08. The normalized spacial score (nSPS) is 11.6. The number of anilines is 2. The fourth-order valence-corrected chi connectivity index (χ4v) is 1.96. The first-order chi connectivity index (χ1) is 10.8. The van der Waals surface area contributed by atoms with Crippen LogP contribution in [0.15, 0.2) is 30.3 Å². The fourth-order valence-electron chi connectivity index (χ4n) is 1.96. The van der Waals surface area contributed by atoms with E-state index in [1.54, 1.807) is 24.3 Å². The minimum Gasteiger partial charge on any atom is -0.480 e. The number of nitrogens with zero attached hydrogens (tertiary/aromatic N) is 2. The summed E-state index contributed by atoms with van der Waals surface area (Å²) in [5, 5.41) is 14.3. The number of hydrogen-bond acceptors (Lipinski definition) is 5. The number of hydrogen-bond donors (Lipinski definition) is 3. The second-order valence-corrected chi connectivity index (χ2v) is 5.21. The van der Waals surface area contributed by atoms with E-state index in [9.17, 15) is 9.59 Å². The Labute approximate surface area is 133 Å². The van der Waals surface area contributed by atoms with E-state index < -0.39 is 17.9 Å². The lowest BCUT2D eigenvalue weighted by atomic mass is 10.2. The molecule has 1 aromatic carbocycles. The first-order valence-corrected chi connectivity index (χ1v) is 7.08. The van der Waals surface area contributed by atoms with Gasteiger partial charge < -0.3 is 15.7 Å². The van der Waals surface area contributed by atoms with Gasteiger partial charge in [-0.1, -0.05) is 0 Å². The van der Waals surface area contributed by atoms with Crippen LogP contribution in [0, 0.1) is 13.8 Å². The summed E-state index contributed by atoms with van der Waals surface area (Å²) in [5.74, 6) is -1.03. The number of carboxylic acids is 1. The van der Waals surface area contributed by atoms with Crippen LogP contribution in [0.3, 0.4) is 0 Å². The molecule has 1 heterocycles. The van der Waals surface area contributed by atoms with Gasteiger partial charge in [-0.05, 0) is 51.1 Å². The van der Waals surface area contributed by atoms with Crippen molar-refractivity contribution >= 4 is 23.5 Å². The molecule has 0 aliphatic heterocycles. The number of amides is 1. The van der Waals surface area contributed by atoms with Crippen LogP contribution in [0.2, 0.25) is 0 Å². The van der Waals surface area contributed by atoms with Crippen molar-refractivity contribution < 1.29 is 14.7 Å². The van der Waals surface area contributed by atoms with Gasteiger partial charge in [0.1, 0.15) is 6.04 Å². The maximum atomic E-state index is 11.9. The predicted octanol–water partition coefficient (Wildman–Crippen LogP) is 2.04.